The zero-order valence-corrected chi connectivity index (χ0v) is 3.87. The quantitative estimate of drug-likeness (QED) is 0.378. The molecule has 0 aromatic rings. The van der Waals surface area contributed by atoms with Gasteiger partial charge in [-0.05, 0) is 6.92 Å². The minimum atomic E-state index is -0.350. The Kier molecular flexibility index (Phi) is 10.7. The molecule has 1 N–H and O–H groups in total. The van der Waals surface area contributed by atoms with Gasteiger partial charge in [0.2, 0.25) is 0 Å². The summed E-state index contributed by atoms with van der Waals surface area (Å²) in [6, 6.07) is 0. The molecule has 0 aromatic heterocycles. The number of hydrogen-bond acceptors (Lipinski definition) is 1. The number of aliphatic hydroxyl groups excluding tert-OH is 1. The Morgan fingerprint density at radius 2 is 2.00 bits per heavy atom. The van der Waals surface area contributed by atoms with Crippen LogP contribution in [0.4, 0.5) is 0 Å². The summed E-state index contributed by atoms with van der Waals surface area (Å²) in [5.41, 5.74) is 0. The van der Waals surface area contributed by atoms with Gasteiger partial charge in [0.15, 0.2) is 0 Å². The van der Waals surface area contributed by atoms with Gasteiger partial charge in [0.1, 0.15) is 0 Å². The molecule has 1 atom stereocenters. The molecule has 0 aliphatic carbocycles. The summed E-state index contributed by atoms with van der Waals surface area (Å²) in [6.45, 7) is 1.65. The van der Waals surface area contributed by atoms with E-state index in [9.17, 15) is 0 Å². The molecule has 6 heavy (non-hydrogen) atoms. The molecule has 0 amide bonds. The van der Waals surface area contributed by atoms with Crippen LogP contribution in [0.1, 0.15) is 6.92 Å². The van der Waals surface area contributed by atoms with Gasteiger partial charge in [-0.1, -0.05) is 0 Å². The van der Waals surface area contributed by atoms with E-state index in [-0.39, 0.29) is 35.7 Å². The Morgan fingerprint density at radius 1 is 1.83 bits per heavy atom. The van der Waals surface area contributed by atoms with E-state index in [4.69, 9.17) is 16.7 Å². The molecule has 0 aliphatic rings. The molecule has 1 nitrogen and oxygen atoms in total. The monoisotopic (exact) mass is 118 g/mol. The number of halogens is 1. The number of hydrogen-bond donors (Lipinski definition) is 1. The molecular formula is C3H8ClNaO. The molecule has 3 heteroatoms. The molecule has 0 saturated heterocycles. The maximum atomic E-state index is 8.23. The molecule has 0 saturated carbocycles. The first-order chi connectivity index (χ1) is 2.27. The summed E-state index contributed by atoms with van der Waals surface area (Å²) in [5.74, 6) is 0.333. The zero-order valence-electron chi connectivity index (χ0n) is 3.11. The predicted molar refractivity (Wildman–Crippen MR) is 29.5 cm³/mol. The van der Waals surface area contributed by atoms with Crippen LogP contribution in [0.25, 0.3) is 0 Å². The summed E-state index contributed by atoms with van der Waals surface area (Å²) in [5, 5.41) is 8.23. The second kappa shape index (κ2) is 6.25. The second-order valence-electron chi connectivity index (χ2n) is 1.00. The molecule has 0 aliphatic heterocycles. The van der Waals surface area contributed by atoms with Gasteiger partial charge in [-0.3, -0.25) is 0 Å². The maximum absolute atomic E-state index is 8.23. The van der Waals surface area contributed by atoms with Crippen molar-refractivity contribution in [3.05, 3.63) is 0 Å². The van der Waals surface area contributed by atoms with E-state index < -0.39 is 0 Å². The van der Waals surface area contributed by atoms with E-state index in [0.29, 0.717) is 5.88 Å². The summed E-state index contributed by atoms with van der Waals surface area (Å²) < 4.78 is 0. The van der Waals surface area contributed by atoms with Crippen LogP contribution in [0, 0.1) is 0 Å². The van der Waals surface area contributed by atoms with Crippen LogP contribution >= 0.6 is 11.6 Å². The van der Waals surface area contributed by atoms with Crippen LogP contribution in [-0.4, -0.2) is 46.6 Å². The molecule has 0 bridgehead atoms. The molecule has 0 fully saturated rings. The van der Waals surface area contributed by atoms with E-state index in [1.54, 1.807) is 6.92 Å². The molecule has 0 aromatic carbocycles. The molecule has 1 unspecified atom stereocenters. The van der Waals surface area contributed by atoms with Gasteiger partial charge in [0.25, 0.3) is 0 Å². The van der Waals surface area contributed by atoms with E-state index in [2.05, 4.69) is 0 Å². The van der Waals surface area contributed by atoms with E-state index in [1.165, 1.54) is 0 Å². The molecule has 0 rings (SSSR count). The summed E-state index contributed by atoms with van der Waals surface area (Å²) in [6.07, 6.45) is -0.350. The standard InChI is InChI=1S/C3H7ClO.Na.H/c1-3(5)2-4;;/h3,5H,2H2,1H3;;. The van der Waals surface area contributed by atoms with E-state index in [1.807, 2.05) is 0 Å². The number of rotatable bonds is 1. The number of alkyl halides is 1. The van der Waals surface area contributed by atoms with Crippen molar-refractivity contribution in [1.82, 2.24) is 0 Å². The second-order valence-corrected chi connectivity index (χ2v) is 1.31. The number of aliphatic hydroxyl groups is 1. The third kappa shape index (κ3) is 8.98. The van der Waals surface area contributed by atoms with Gasteiger partial charge in [0, 0.05) is 5.88 Å². The fourth-order valence-electron chi connectivity index (χ4n) is 0. The summed E-state index contributed by atoms with van der Waals surface area (Å²) in [4.78, 5) is 0. The summed E-state index contributed by atoms with van der Waals surface area (Å²) >= 11 is 5.09. The Bertz CT molecular complexity index is 24.8. The average molecular weight is 119 g/mol. The van der Waals surface area contributed by atoms with Gasteiger partial charge in [-0.2, -0.15) is 0 Å². The summed E-state index contributed by atoms with van der Waals surface area (Å²) in [7, 11) is 0. The van der Waals surface area contributed by atoms with Crippen molar-refractivity contribution in [3.63, 3.8) is 0 Å². The Morgan fingerprint density at radius 3 is 2.00 bits per heavy atom. The van der Waals surface area contributed by atoms with Crippen molar-refractivity contribution in [1.29, 1.82) is 0 Å². The molecule has 0 heterocycles. The normalized spacial score (nSPS) is 12.5. The Labute approximate surface area is 65.0 Å². The third-order valence-corrected chi connectivity index (χ3v) is 0.670. The first kappa shape index (κ1) is 10.3. The fourth-order valence-corrected chi connectivity index (χ4v) is 0. The first-order valence-electron chi connectivity index (χ1n) is 1.51. The van der Waals surface area contributed by atoms with Gasteiger partial charge in [0.05, 0.1) is 6.10 Å². The van der Waals surface area contributed by atoms with Gasteiger partial charge in [-0.15, -0.1) is 11.6 Å². The molecule has 34 valence electrons. The molecular weight excluding hydrogens is 110 g/mol. The Balaban J connectivity index is 0. The first-order valence-corrected chi connectivity index (χ1v) is 2.05. The van der Waals surface area contributed by atoms with Crippen molar-refractivity contribution in [3.8, 4) is 0 Å². The van der Waals surface area contributed by atoms with Crippen LogP contribution in [0.2, 0.25) is 0 Å². The predicted octanol–water partition coefficient (Wildman–Crippen LogP) is -0.0425. The van der Waals surface area contributed by atoms with Crippen LogP contribution < -0.4 is 0 Å². The minimum absolute atomic E-state index is 0. The fraction of sp³-hybridized carbons (Fsp3) is 1.00. The Hall–Kier alpha value is 1.25. The van der Waals surface area contributed by atoms with Crippen molar-refractivity contribution < 1.29 is 5.11 Å². The van der Waals surface area contributed by atoms with Gasteiger partial charge < -0.3 is 5.11 Å². The van der Waals surface area contributed by atoms with Crippen LogP contribution in [0.5, 0.6) is 0 Å². The van der Waals surface area contributed by atoms with Crippen molar-refractivity contribution in [2.75, 3.05) is 5.88 Å². The van der Waals surface area contributed by atoms with Crippen molar-refractivity contribution in [2.45, 2.75) is 13.0 Å². The van der Waals surface area contributed by atoms with Gasteiger partial charge >= 0.3 is 29.6 Å². The SMILES string of the molecule is CC(O)CCl.[NaH]. The van der Waals surface area contributed by atoms with Crippen molar-refractivity contribution in [2.24, 2.45) is 0 Å². The zero-order chi connectivity index (χ0) is 4.28. The van der Waals surface area contributed by atoms with Crippen LogP contribution in [-0.2, 0) is 0 Å². The molecule has 0 radical (unpaired) electrons. The average Bonchev–Trinajstić information content (AvgIpc) is 1.38. The topological polar surface area (TPSA) is 20.2 Å². The molecule has 0 spiro atoms. The third-order valence-electron chi connectivity index (χ3n) is 0.223. The van der Waals surface area contributed by atoms with Crippen LogP contribution in [0.15, 0.2) is 0 Å². The van der Waals surface area contributed by atoms with E-state index in [0.717, 1.165) is 0 Å². The van der Waals surface area contributed by atoms with Gasteiger partial charge in [-0.25, -0.2) is 0 Å². The van der Waals surface area contributed by atoms with E-state index >= 15 is 0 Å². The van der Waals surface area contributed by atoms with Crippen molar-refractivity contribution >= 4 is 41.2 Å². The van der Waals surface area contributed by atoms with Crippen LogP contribution in [0.3, 0.4) is 0 Å².